The molecular weight excluding hydrogens is 313 g/mol. The molecule has 1 aromatic rings. The molecule has 0 unspecified atom stereocenters. The third kappa shape index (κ3) is 6.76. The molecular formula is C17H24FN3O3. The highest BCUT2D eigenvalue weighted by Crippen LogP contribution is 2.08. The fourth-order valence-corrected chi connectivity index (χ4v) is 2.32. The van der Waals surface area contributed by atoms with Crippen molar-refractivity contribution in [1.29, 1.82) is 0 Å². The lowest BCUT2D eigenvalue weighted by molar-refractivity contribution is -0.130. The maximum atomic E-state index is 13.3. The van der Waals surface area contributed by atoms with E-state index in [2.05, 4.69) is 10.6 Å². The summed E-state index contributed by atoms with van der Waals surface area (Å²) in [6.07, 6.45) is 2.15. The number of primary amides is 1. The molecule has 0 aliphatic rings. The molecule has 0 aromatic heterocycles. The lowest BCUT2D eigenvalue weighted by Gasteiger charge is -2.21. The number of hydrogen-bond donors (Lipinski definition) is 3. The fraction of sp³-hybridized carbons (Fsp3) is 0.471. The smallest absolute Gasteiger partial charge is 0.243 e. The predicted octanol–water partition coefficient (Wildman–Crippen LogP) is 1.03. The predicted molar refractivity (Wildman–Crippen MR) is 88.4 cm³/mol. The van der Waals surface area contributed by atoms with Gasteiger partial charge in [-0.05, 0) is 24.1 Å². The number of halogens is 1. The number of amides is 3. The van der Waals surface area contributed by atoms with Crippen molar-refractivity contribution in [2.75, 3.05) is 0 Å². The van der Waals surface area contributed by atoms with E-state index in [-0.39, 0.29) is 6.42 Å². The van der Waals surface area contributed by atoms with Crippen LogP contribution in [0.4, 0.5) is 4.39 Å². The molecule has 1 aromatic carbocycles. The molecule has 24 heavy (non-hydrogen) atoms. The van der Waals surface area contributed by atoms with E-state index in [1.165, 1.54) is 25.1 Å². The highest BCUT2D eigenvalue weighted by Gasteiger charge is 2.25. The summed E-state index contributed by atoms with van der Waals surface area (Å²) >= 11 is 0. The minimum absolute atomic E-state index is 0.114. The minimum atomic E-state index is -0.909. The van der Waals surface area contributed by atoms with Crippen molar-refractivity contribution in [1.82, 2.24) is 10.6 Å². The van der Waals surface area contributed by atoms with E-state index >= 15 is 0 Å². The molecule has 3 amide bonds. The van der Waals surface area contributed by atoms with Crippen LogP contribution in [0.25, 0.3) is 0 Å². The first kappa shape index (κ1) is 19.6. The number of rotatable bonds is 9. The molecule has 0 saturated carbocycles. The van der Waals surface area contributed by atoms with Crippen LogP contribution >= 0.6 is 0 Å². The van der Waals surface area contributed by atoms with Crippen LogP contribution in [0.1, 0.15) is 38.7 Å². The van der Waals surface area contributed by atoms with Gasteiger partial charge in [0.2, 0.25) is 17.7 Å². The van der Waals surface area contributed by atoms with Crippen LogP contribution in [0.5, 0.6) is 0 Å². The van der Waals surface area contributed by atoms with Crippen molar-refractivity contribution in [3.63, 3.8) is 0 Å². The molecule has 2 atom stereocenters. The Labute approximate surface area is 141 Å². The quantitative estimate of drug-likeness (QED) is 0.627. The number of nitrogens with one attached hydrogen (secondary N) is 2. The molecule has 132 valence electrons. The molecule has 0 aliphatic carbocycles. The minimum Gasteiger partial charge on any atom is -0.368 e. The van der Waals surface area contributed by atoms with Gasteiger partial charge in [-0.2, -0.15) is 0 Å². The number of benzene rings is 1. The van der Waals surface area contributed by atoms with Crippen LogP contribution in [-0.4, -0.2) is 29.8 Å². The Balaban J connectivity index is 2.83. The highest BCUT2D eigenvalue weighted by atomic mass is 19.1. The number of unbranched alkanes of at least 4 members (excludes halogenated alkanes) is 1. The number of carbonyl (C=O) groups excluding carboxylic acids is 3. The summed E-state index contributed by atoms with van der Waals surface area (Å²) in [7, 11) is 0. The standard InChI is InChI=1S/C17H24FN3O3/c1-3-4-8-14(16(19)23)21-17(24)15(20-11(2)22)10-12-6-5-7-13(18)9-12/h5-7,9,14-15H,3-4,8,10H2,1-2H3,(H2,19,23)(H,20,22)(H,21,24)/t14-,15-/m1/s1. The van der Waals surface area contributed by atoms with Crippen LogP contribution in [0, 0.1) is 5.82 Å². The second kappa shape index (κ2) is 9.64. The Hall–Kier alpha value is -2.44. The first-order valence-corrected chi connectivity index (χ1v) is 7.94. The van der Waals surface area contributed by atoms with Gasteiger partial charge in [-0.15, -0.1) is 0 Å². The van der Waals surface area contributed by atoms with Gasteiger partial charge >= 0.3 is 0 Å². The Kier molecular flexibility index (Phi) is 7.88. The maximum absolute atomic E-state index is 13.3. The zero-order chi connectivity index (χ0) is 18.1. The van der Waals surface area contributed by atoms with Crippen molar-refractivity contribution in [2.45, 2.75) is 51.6 Å². The van der Waals surface area contributed by atoms with Gasteiger partial charge in [0.1, 0.15) is 17.9 Å². The van der Waals surface area contributed by atoms with E-state index in [0.717, 1.165) is 12.8 Å². The number of hydrogen-bond acceptors (Lipinski definition) is 3. The van der Waals surface area contributed by atoms with E-state index < -0.39 is 35.6 Å². The average Bonchev–Trinajstić information content (AvgIpc) is 2.49. The van der Waals surface area contributed by atoms with E-state index in [0.29, 0.717) is 12.0 Å². The Morgan fingerprint density at radius 1 is 1.21 bits per heavy atom. The van der Waals surface area contributed by atoms with Crippen LogP contribution in [0.2, 0.25) is 0 Å². The van der Waals surface area contributed by atoms with Gasteiger partial charge in [0.05, 0.1) is 0 Å². The summed E-state index contributed by atoms with van der Waals surface area (Å²) in [5.74, 6) is -1.96. The van der Waals surface area contributed by atoms with Crippen molar-refractivity contribution in [3.05, 3.63) is 35.6 Å². The van der Waals surface area contributed by atoms with Gasteiger partial charge in [0.25, 0.3) is 0 Å². The first-order valence-electron chi connectivity index (χ1n) is 7.94. The fourth-order valence-electron chi connectivity index (χ4n) is 2.32. The molecule has 4 N–H and O–H groups in total. The zero-order valence-electron chi connectivity index (χ0n) is 14.0. The SMILES string of the molecule is CCCC[C@@H](NC(=O)[C@@H](Cc1cccc(F)c1)NC(C)=O)C(N)=O. The Bertz CT molecular complexity index is 592. The molecule has 0 heterocycles. The summed E-state index contributed by atoms with van der Waals surface area (Å²) in [4.78, 5) is 35.2. The number of carbonyl (C=O) groups is 3. The van der Waals surface area contributed by atoms with E-state index in [1.54, 1.807) is 6.07 Å². The topological polar surface area (TPSA) is 101 Å². The molecule has 1 rings (SSSR count). The van der Waals surface area contributed by atoms with Gasteiger partial charge in [0.15, 0.2) is 0 Å². The van der Waals surface area contributed by atoms with Gasteiger partial charge in [-0.3, -0.25) is 14.4 Å². The van der Waals surface area contributed by atoms with Crippen LogP contribution in [0.3, 0.4) is 0 Å². The molecule has 0 aliphatic heterocycles. The van der Waals surface area contributed by atoms with Crippen molar-refractivity contribution >= 4 is 17.7 Å². The number of nitrogens with two attached hydrogens (primary N) is 1. The van der Waals surface area contributed by atoms with Crippen molar-refractivity contribution in [3.8, 4) is 0 Å². The average molecular weight is 337 g/mol. The summed E-state index contributed by atoms with van der Waals surface area (Å²) in [6.45, 7) is 3.25. The third-order valence-electron chi connectivity index (χ3n) is 3.53. The summed E-state index contributed by atoms with van der Waals surface area (Å²) in [5, 5.41) is 5.09. The molecule has 0 fully saturated rings. The summed E-state index contributed by atoms with van der Waals surface area (Å²) in [5.41, 5.74) is 5.87. The van der Waals surface area contributed by atoms with Crippen LogP contribution < -0.4 is 16.4 Å². The Morgan fingerprint density at radius 2 is 1.92 bits per heavy atom. The van der Waals surface area contributed by atoms with E-state index in [1.807, 2.05) is 6.92 Å². The lowest BCUT2D eigenvalue weighted by Crippen LogP contribution is -2.53. The van der Waals surface area contributed by atoms with Crippen molar-refractivity contribution in [2.24, 2.45) is 5.73 Å². The van der Waals surface area contributed by atoms with Gasteiger partial charge in [0, 0.05) is 13.3 Å². The molecule has 0 bridgehead atoms. The Morgan fingerprint density at radius 3 is 2.46 bits per heavy atom. The maximum Gasteiger partial charge on any atom is 0.243 e. The van der Waals surface area contributed by atoms with Crippen molar-refractivity contribution < 1.29 is 18.8 Å². The second-order valence-electron chi connectivity index (χ2n) is 5.69. The van der Waals surface area contributed by atoms with Crippen LogP contribution in [-0.2, 0) is 20.8 Å². The van der Waals surface area contributed by atoms with E-state index in [9.17, 15) is 18.8 Å². The first-order chi connectivity index (χ1) is 11.3. The highest BCUT2D eigenvalue weighted by molar-refractivity contribution is 5.91. The molecule has 0 radical (unpaired) electrons. The molecule has 0 spiro atoms. The van der Waals surface area contributed by atoms with Gasteiger partial charge < -0.3 is 16.4 Å². The second-order valence-corrected chi connectivity index (χ2v) is 5.69. The molecule has 6 nitrogen and oxygen atoms in total. The normalized spacial score (nSPS) is 13.0. The molecule has 7 heteroatoms. The largest absolute Gasteiger partial charge is 0.368 e. The monoisotopic (exact) mass is 337 g/mol. The lowest BCUT2D eigenvalue weighted by atomic mass is 10.0. The van der Waals surface area contributed by atoms with Gasteiger partial charge in [-0.1, -0.05) is 31.9 Å². The third-order valence-corrected chi connectivity index (χ3v) is 3.53. The molecule has 0 saturated heterocycles. The van der Waals surface area contributed by atoms with Crippen LogP contribution in [0.15, 0.2) is 24.3 Å². The summed E-state index contributed by atoms with van der Waals surface area (Å²) in [6, 6.07) is 4.08. The summed E-state index contributed by atoms with van der Waals surface area (Å²) < 4.78 is 13.3. The van der Waals surface area contributed by atoms with Gasteiger partial charge in [-0.25, -0.2) is 4.39 Å². The van der Waals surface area contributed by atoms with E-state index in [4.69, 9.17) is 5.73 Å². The zero-order valence-corrected chi connectivity index (χ0v) is 14.0.